The van der Waals surface area contributed by atoms with E-state index in [1.54, 1.807) is 6.07 Å². The molecule has 2 heterocycles. The van der Waals surface area contributed by atoms with Crippen molar-refractivity contribution in [3.63, 3.8) is 0 Å². The summed E-state index contributed by atoms with van der Waals surface area (Å²) in [6.45, 7) is 0. The predicted molar refractivity (Wildman–Crippen MR) is 77.9 cm³/mol. The van der Waals surface area contributed by atoms with Gasteiger partial charge in [-0.05, 0) is 60.1 Å². The van der Waals surface area contributed by atoms with E-state index < -0.39 is 5.97 Å². The third-order valence-corrected chi connectivity index (χ3v) is 4.83. The number of fused-ring (bicyclic) bond motifs is 2. The molecule has 0 saturated carbocycles. The third kappa shape index (κ3) is 2.13. The Bertz CT molecular complexity index is 545. The maximum absolute atomic E-state index is 12.6. The molecule has 1 amide bonds. The number of carboxylic acid groups (broad SMARTS) is 1. The molecule has 3 rings (SSSR count). The number of carbonyl (C=O) groups excluding carboxylic acids is 1. The molecule has 1 aromatic rings. The van der Waals surface area contributed by atoms with Gasteiger partial charge >= 0.3 is 5.97 Å². The van der Waals surface area contributed by atoms with Crippen molar-refractivity contribution in [2.24, 2.45) is 5.92 Å². The Balaban J connectivity index is 1.87. The molecule has 1 N–H and O–H groups in total. The number of hydrogen-bond acceptors (Lipinski definition) is 2. The van der Waals surface area contributed by atoms with E-state index in [2.05, 4.69) is 22.6 Å². The highest BCUT2D eigenvalue weighted by molar-refractivity contribution is 14.1. The maximum Gasteiger partial charge on any atom is 0.308 e. The molecule has 2 aliphatic heterocycles. The molecule has 2 bridgehead atoms. The van der Waals surface area contributed by atoms with Crippen molar-refractivity contribution < 1.29 is 14.7 Å². The Morgan fingerprint density at radius 1 is 1.32 bits per heavy atom. The van der Waals surface area contributed by atoms with Gasteiger partial charge in [-0.15, -0.1) is 0 Å². The second-order valence-corrected chi connectivity index (χ2v) is 6.45. The van der Waals surface area contributed by atoms with E-state index in [0.717, 1.165) is 16.4 Å². The number of carbonyl (C=O) groups is 2. The minimum Gasteiger partial charge on any atom is -0.481 e. The van der Waals surface area contributed by atoms with Crippen molar-refractivity contribution in [1.29, 1.82) is 0 Å². The third-order valence-electron chi connectivity index (χ3n) is 4.16. The van der Waals surface area contributed by atoms with Crippen LogP contribution >= 0.6 is 22.6 Å². The molecule has 100 valence electrons. The predicted octanol–water partition coefficient (Wildman–Crippen LogP) is 2.37. The summed E-state index contributed by atoms with van der Waals surface area (Å²) in [5.41, 5.74) is 0.662. The molecule has 0 aliphatic carbocycles. The number of rotatable bonds is 2. The number of hydrogen-bond donors (Lipinski definition) is 1. The van der Waals surface area contributed by atoms with Crippen molar-refractivity contribution in [2.45, 2.75) is 31.3 Å². The Labute approximate surface area is 124 Å². The van der Waals surface area contributed by atoms with E-state index in [-0.39, 0.29) is 23.9 Å². The molecule has 2 saturated heterocycles. The molecule has 0 radical (unpaired) electrons. The SMILES string of the molecule is O=C(O)C1CC2CCC1N2C(=O)c1cccc(I)c1. The minimum atomic E-state index is -0.771. The molecule has 1 aromatic carbocycles. The highest BCUT2D eigenvalue weighted by Crippen LogP contribution is 2.42. The topological polar surface area (TPSA) is 57.6 Å². The standard InChI is InChI=1S/C14H14INO3/c15-9-3-1-2-8(6-9)13(17)16-10-4-5-12(16)11(7-10)14(18)19/h1-3,6,10-12H,4-5,7H2,(H,18,19). The van der Waals surface area contributed by atoms with Crippen LogP contribution in [0, 0.1) is 9.49 Å². The van der Waals surface area contributed by atoms with E-state index in [9.17, 15) is 14.7 Å². The van der Waals surface area contributed by atoms with Crippen LogP contribution in [0.2, 0.25) is 0 Å². The van der Waals surface area contributed by atoms with Crippen molar-refractivity contribution in [3.05, 3.63) is 33.4 Å². The fraction of sp³-hybridized carbons (Fsp3) is 0.429. The summed E-state index contributed by atoms with van der Waals surface area (Å²) in [5, 5.41) is 9.21. The zero-order chi connectivity index (χ0) is 13.6. The van der Waals surface area contributed by atoms with Crippen LogP contribution in [-0.4, -0.2) is 34.0 Å². The number of amides is 1. The molecule has 0 aromatic heterocycles. The Morgan fingerprint density at radius 3 is 2.74 bits per heavy atom. The molecule has 4 nitrogen and oxygen atoms in total. The first kappa shape index (κ1) is 12.9. The molecule has 5 heteroatoms. The largest absolute Gasteiger partial charge is 0.481 e. The van der Waals surface area contributed by atoms with Crippen LogP contribution in [-0.2, 0) is 4.79 Å². The average molecular weight is 371 g/mol. The van der Waals surface area contributed by atoms with Crippen molar-refractivity contribution >= 4 is 34.5 Å². The summed E-state index contributed by atoms with van der Waals surface area (Å²) in [6, 6.07) is 7.45. The van der Waals surface area contributed by atoms with Gasteiger partial charge in [0.15, 0.2) is 0 Å². The maximum atomic E-state index is 12.6. The summed E-state index contributed by atoms with van der Waals surface area (Å²) < 4.78 is 1.02. The normalized spacial score (nSPS) is 28.7. The second kappa shape index (κ2) is 4.77. The zero-order valence-electron chi connectivity index (χ0n) is 10.3. The van der Waals surface area contributed by atoms with Gasteiger partial charge in [0.1, 0.15) is 0 Å². The van der Waals surface area contributed by atoms with Crippen LogP contribution in [0.25, 0.3) is 0 Å². The van der Waals surface area contributed by atoms with Crippen LogP contribution in [0.3, 0.4) is 0 Å². The van der Waals surface area contributed by atoms with Crippen molar-refractivity contribution in [2.75, 3.05) is 0 Å². The highest BCUT2D eigenvalue weighted by Gasteiger charge is 2.51. The summed E-state index contributed by atoms with van der Waals surface area (Å²) in [5.74, 6) is -1.17. The molecular weight excluding hydrogens is 357 g/mol. The van der Waals surface area contributed by atoms with Gasteiger partial charge in [-0.25, -0.2) is 0 Å². The number of carboxylic acids is 1. The lowest BCUT2D eigenvalue weighted by molar-refractivity contribution is -0.142. The van der Waals surface area contributed by atoms with Crippen LogP contribution in [0.15, 0.2) is 24.3 Å². The van der Waals surface area contributed by atoms with Crippen LogP contribution in [0.1, 0.15) is 29.6 Å². The van der Waals surface area contributed by atoms with Crippen LogP contribution in [0.4, 0.5) is 0 Å². The van der Waals surface area contributed by atoms with E-state index in [4.69, 9.17) is 0 Å². The van der Waals surface area contributed by atoms with E-state index in [1.807, 2.05) is 23.1 Å². The van der Waals surface area contributed by atoms with Gasteiger partial charge in [0.05, 0.1) is 5.92 Å². The average Bonchev–Trinajstić information content (AvgIpc) is 2.95. The quantitative estimate of drug-likeness (QED) is 0.813. The van der Waals surface area contributed by atoms with E-state index >= 15 is 0 Å². The van der Waals surface area contributed by atoms with E-state index in [0.29, 0.717) is 12.0 Å². The first-order valence-electron chi connectivity index (χ1n) is 6.39. The number of benzene rings is 1. The van der Waals surface area contributed by atoms with Gasteiger partial charge in [-0.2, -0.15) is 0 Å². The van der Waals surface area contributed by atoms with Crippen molar-refractivity contribution in [1.82, 2.24) is 4.90 Å². The molecule has 2 fully saturated rings. The summed E-state index contributed by atoms with van der Waals surface area (Å²) in [4.78, 5) is 25.6. The lowest BCUT2D eigenvalue weighted by atomic mass is 9.89. The lowest BCUT2D eigenvalue weighted by Gasteiger charge is -2.23. The molecule has 19 heavy (non-hydrogen) atoms. The first-order valence-corrected chi connectivity index (χ1v) is 7.47. The second-order valence-electron chi connectivity index (χ2n) is 5.20. The number of nitrogens with zero attached hydrogens (tertiary/aromatic N) is 1. The zero-order valence-corrected chi connectivity index (χ0v) is 12.4. The minimum absolute atomic E-state index is 0.0187. The molecule has 3 unspecified atom stereocenters. The Morgan fingerprint density at radius 2 is 2.11 bits per heavy atom. The first-order chi connectivity index (χ1) is 9.08. The molecule has 2 aliphatic rings. The van der Waals surface area contributed by atoms with Gasteiger partial charge in [-0.1, -0.05) is 6.07 Å². The van der Waals surface area contributed by atoms with Gasteiger partial charge in [0.25, 0.3) is 5.91 Å². The number of halogens is 1. The fourth-order valence-electron chi connectivity index (χ4n) is 3.34. The summed E-state index contributed by atoms with van der Waals surface area (Å²) >= 11 is 2.18. The van der Waals surface area contributed by atoms with Gasteiger partial charge in [0.2, 0.25) is 0 Å². The Kier molecular flexibility index (Phi) is 3.24. The van der Waals surface area contributed by atoms with Gasteiger partial charge in [-0.3, -0.25) is 9.59 Å². The van der Waals surface area contributed by atoms with Crippen LogP contribution in [0.5, 0.6) is 0 Å². The van der Waals surface area contributed by atoms with Crippen LogP contribution < -0.4 is 0 Å². The highest BCUT2D eigenvalue weighted by atomic mass is 127. The lowest BCUT2D eigenvalue weighted by Crippen LogP contribution is -2.37. The Hall–Kier alpha value is -1.11. The molecule has 0 spiro atoms. The van der Waals surface area contributed by atoms with E-state index in [1.165, 1.54) is 0 Å². The molecular formula is C14H14INO3. The monoisotopic (exact) mass is 371 g/mol. The smallest absolute Gasteiger partial charge is 0.308 e. The fourth-order valence-corrected chi connectivity index (χ4v) is 3.88. The number of aliphatic carboxylic acids is 1. The summed E-state index contributed by atoms with van der Waals surface area (Å²) in [7, 11) is 0. The molecule has 3 atom stereocenters. The van der Waals surface area contributed by atoms with Crippen molar-refractivity contribution in [3.8, 4) is 0 Å². The van der Waals surface area contributed by atoms with Gasteiger partial charge < -0.3 is 10.0 Å². The summed E-state index contributed by atoms with van der Waals surface area (Å²) in [6.07, 6.45) is 2.36. The van der Waals surface area contributed by atoms with Gasteiger partial charge in [0, 0.05) is 21.2 Å².